The zero-order valence-electron chi connectivity index (χ0n) is 18.4. The highest BCUT2D eigenvalue weighted by Crippen LogP contribution is 2.26. The van der Waals surface area contributed by atoms with E-state index in [0.29, 0.717) is 5.56 Å². The molecule has 1 N–H and O–H groups in total. The lowest BCUT2D eigenvalue weighted by atomic mass is 9.87. The number of piperidine rings is 1. The number of nitrogens with zero attached hydrogens (tertiary/aromatic N) is 1. The van der Waals surface area contributed by atoms with Crippen LogP contribution in [-0.2, 0) is 25.5 Å². The molecule has 0 aromatic heterocycles. The van der Waals surface area contributed by atoms with Crippen LogP contribution in [0.2, 0.25) is 0 Å². The predicted octanol–water partition coefficient (Wildman–Crippen LogP) is 3.19. The van der Waals surface area contributed by atoms with Crippen LogP contribution in [0.5, 0.6) is 5.75 Å². The second kappa shape index (κ2) is 9.66. The van der Waals surface area contributed by atoms with Crippen LogP contribution in [0.25, 0.3) is 0 Å². The summed E-state index contributed by atoms with van der Waals surface area (Å²) >= 11 is 0. The third-order valence-corrected chi connectivity index (χ3v) is 4.80. The number of hydrogen-bond donors (Lipinski definition) is 1. The van der Waals surface area contributed by atoms with Crippen LogP contribution >= 0.6 is 0 Å². The van der Waals surface area contributed by atoms with Crippen molar-refractivity contribution in [1.82, 2.24) is 10.2 Å². The monoisotopic (exact) mass is 460 g/mol. The van der Waals surface area contributed by atoms with E-state index in [1.54, 1.807) is 20.8 Å². The maximum absolute atomic E-state index is 12.6. The minimum atomic E-state index is -4.79. The van der Waals surface area contributed by atoms with Crippen molar-refractivity contribution in [3.05, 3.63) is 29.8 Å². The second-order valence-corrected chi connectivity index (χ2v) is 8.45. The summed E-state index contributed by atoms with van der Waals surface area (Å²) < 4.78 is 50.7. The number of amides is 2. The van der Waals surface area contributed by atoms with E-state index < -0.39 is 29.6 Å². The van der Waals surface area contributed by atoms with E-state index >= 15 is 0 Å². The first-order valence-electron chi connectivity index (χ1n) is 9.95. The van der Waals surface area contributed by atoms with Crippen molar-refractivity contribution in [3.63, 3.8) is 0 Å². The Morgan fingerprint density at radius 3 is 2.09 bits per heavy atom. The summed E-state index contributed by atoms with van der Waals surface area (Å²) in [6, 6.07) is 5.04. The molecule has 0 aliphatic carbocycles. The first-order chi connectivity index (χ1) is 14.7. The molecule has 2 rings (SSSR count). The van der Waals surface area contributed by atoms with Crippen LogP contribution in [0.15, 0.2) is 24.3 Å². The molecule has 8 nitrogen and oxygen atoms in total. The lowest BCUT2D eigenvalue weighted by molar-refractivity contribution is -0.274. The Hall–Kier alpha value is -2.98. The lowest BCUT2D eigenvalue weighted by Crippen LogP contribution is -2.61. The van der Waals surface area contributed by atoms with E-state index in [-0.39, 0.29) is 44.0 Å². The molecular formula is C21H27F3N2O6. The highest BCUT2D eigenvalue weighted by molar-refractivity contribution is 5.86. The highest BCUT2D eigenvalue weighted by atomic mass is 19.4. The number of rotatable bonds is 5. The van der Waals surface area contributed by atoms with Gasteiger partial charge in [0.25, 0.3) is 0 Å². The number of likely N-dealkylation sites (tertiary alicyclic amines) is 1. The van der Waals surface area contributed by atoms with Gasteiger partial charge in [-0.15, -0.1) is 13.2 Å². The van der Waals surface area contributed by atoms with Crippen molar-refractivity contribution in [1.29, 1.82) is 0 Å². The van der Waals surface area contributed by atoms with Crippen molar-refractivity contribution < 1.29 is 41.8 Å². The third kappa shape index (κ3) is 7.31. The number of ether oxygens (including phenoxy) is 3. The van der Waals surface area contributed by atoms with Gasteiger partial charge in [-0.3, -0.25) is 4.79 Å². The molecule has 1 aromatic rings. The van der Waals surface area contributed by atoms with E-state index in [9.17, 15) is 27.6 Å². The molecule has 2 amide bonds. The molecule has 0 bridgehead atoms. The van der Waals surface area contributed by atoms with E-state index in [1.807, 2.05) is 0 Å². The summed E-state index contributed by atoms with van der Waals surface area (Å²) in [4.78, 5) is 38.8. The summed E-state index contributed by atoms with van der Waals surface area (Å²) in [5, 5.41) is 2.59. The maximum atomic E-state index is 12.6. The summed E-state index contributed by atoms with van der Waals surface area (Å²) in [5.74, 6) is -1.26. The molecule has 11 heteroatoms. The fourth-order valence-electron chi connectivity index (χ4n) is 3.31. The average Bonchev–Trinajstić information content (AvgIpc) is 2.66. The van der Waals surface area contributed by atoms with Gasteiger partial charge in [0.1, 0.15) is 16.9 Å². The van der Waals surface area contributed by atoms with Gasteiger partial charge >= 0.3 is 18.4 Å². The van der Waals surface area contributed by atoms with E-state index in [1.165, 1.54) is 24.1 Å². The molecular weight excluding hydrogens is 433 g/mol. The first-order valence-corrected chi connectivity index (χ1v) is 9.95. The number of esters is 1. The first kappa shape index (κ1) is 25.3. The van der Waals surface area contributed by atoms with Gasteiger partial charge in [0.05, 0.1) is 13.5 Å². The number of benzene rings is 1. The molecule has 0 atom stereocenters. The smallest absolute Gasteiger partial charge is 0.467 e. The van der Waals surface area contributed by atoms with Gasteiger partial charge in [0.2, 0.25) is 5.91 Å². The molecule has 32 heavy (non-hydrogen) atoms. The van der Waals surface area contributed by atoms with Gasteiger partial charge in [-0.25, -0.2) is 9.59 Å². The fourth-order valence-corrected chi connectivity index (χ4v) is 3.31. The second-order valence-electron chi connectivity index (χ2n) is 8.45. The maximum Gasteiger partial charge on any atom is 0.573 e. The quantitative estimate of drug-likeness (QED) is 0.679. The van der Waals surface area contributed by atoms with Crippen LogP contribution in [0, 0.1) is 0 Å². The molecule has 1 heterocycles. The molecule has 0 radical (unpaired) electrons. The van der Waals surface area contributed by atoms with Crippen LogP contribution in [0.4, 0.5) is 18.0 Å². The average molecular weight is 460 g/mol. The Bertz CT molecular complexity index is 825. The molecule has 0 unspecified atom stereocenters. The Labute approximate surface area is 184 Å². The Morgan fingerprint density at radius 1 is 1.06 bits per heavy atom. The van der Waals surface area contributed by atoms with E-state index in [2.05, 4.69) is 10.1 Å². The molecule has 0 spiro atoms. The number of carbonyl (C=O) groups excluding carboxylic acids is 3. The minimum Gasteiger partial charge on any atom is -0.467 e. The van der Waals surface area contributed by atoms with Crippen LogP contribution in [0.3, 0.4) is 0 Å². The van der Waals surface area contributed by atoms with Gasteiger partial charge in [-0.2, -0.15) is 0 Å². The number of methoxy groups -OCH3 is 1. The van der Waals surface area contributed by atoms with Crippen molar-refractivity contribution in [2.24, 2.45) is 0 Å². The predicted molar refractivity (Wildman–Crippen MR) is 107 cm³/mol. The lowest BCUT2D eigenvalue weighted by Gasteiger charge is -2.40. The largest absolute Gasteiger partial charge is 0.573 e. The number of carbonyl (C=O) groups is 3. The molecule has 1 aliphatic rings. The molecule has 1 fully saturated rings. The van der Waals surface area contributed by atoms with Gasteiger partial charge in [0, 0.05) is 13.1 Å². The van der Waals surface area contributed by atoms with Crippen LogP contribution in [-0.4, -0.2) is 60.6 Å². The minimum absolute atomic E-state index is 0.0307. The van der Waals surface area contributed by atoms with Crippen molar-refractivity contribution in [2.45, 2.75) is 57.5 Å². The van der Waals surface area contributed by atoms with Crippen LogP contribution in [0.1, 0.15) is 39.2 Å². The third-order valence-electron chi connectivity index (χ3n) is 4.80. The summed E-state index contributed by atoms with van der Waals surface area (Å²) in [6.07, 6.45) is -5.32. The number of hydrogen-bond acceptors (Lipinski definition) is 6. The molecule has 178 valence electrons. The van der Waals surface area contributed by atoms with Crippen molar-refractivity contribution in [3.8, 4) is 5.75 Å². The number of alkyl halides is 3. The fraction of sp³-hybridized carbons (Fsp3) is 0.571. The molecule has 0 saturated carbocycles. The topological polar surface area (TPSA) is 94.2 Å². The van der Waals surface area contributed by atoms with Crippen molar-refractivity contribution in [2.75, 3.05) is 20.2 Å². The zero-order valence-corrected chi connectivity index (χ0v) is 18.4. The number of alkyl carbamates (subject to hydrolysis) is 1. The van der Waals surface area contributed by atoms with Gasteiger partial charge < -0.3 is 24.4 Å². The van der Waals surface area contributed by atoms with Gasteiger partial charge in [0.15, 0.2) is 0 Å². The Kier molecular flexibility index (Phi) is 7.63. The van der Waals surface area contributed by atoms with Crippen LogP contribution < -0.4 is 10.1 Å². The molecule has 1 aromatic carbocycles. The zero-order chi connectivity index (χ0) is 24.2. The standard InChI is InChI=1S/C21H27F3N2O6/c1-19(2,3)32-18(29)25-20(17(28)30-4)9-11-26(12-10-20)16(27)13-14-5-7-15(8-6-14)31-21(22,23)24/h5-8H,9-13H2,1-4H3,(H,25,29). The highest BCUT2D eigenvalue weighted by Gasteiger charge is 2.45. The number of nitrogens with one attached hydrogen (secondary N) is 1. The van der Waals surface area contributed by atoms with Gasteiger partial charge in [-0.05, 0) is 51.3 Å². The SMILES string of the molecule is COC(=O)C1(NC(=O)OC(C)(C)C)CCN(C(=O)Cc2ccc(OC(F)(F)F)cc2)CC1. The van der Waals surface area contributed by atoms with Gasteiger partial charge in [-0.1, -0.05) is 12.1 Å². The molecule has 1 saturated heterocycles. The summed E-state index contributed by atoms with van der Waals surface area (Å²) in [6.45, 7) is 5.44. The normalized spacial score (nSPS) is 16.2. The van der Waals surface area contributed by atoms with E-state index in [0.717, 1.165) is 12.1 Å². The molecule has 1 aliphatic heterocycles. The van der Waals surface area contributed by atoms with Crippen molar-refractivity contribution >= 4 is 18.0 Å². The summed E-state index contributed by atoms with van der Waals surface area (Å²) in [7, 11) is 1.21. The Morgan fingerprint density at radius 2 is 1.62 bits per heavy atom. The number of halogens is 3. The summed E-state index contributed by atoms with van der Waals surface area (Å²) in [5.41, 5.74) is -1.55. The van der Waals surface area contributed by atoms with E-state index in [4.69, 9.17) is 9.47 Å². The Balaban J connectivity index is 1.98.